The molecular weight excluding hydrogens is 413 g/mol. The highest BCUT2D eigenvalue weighted by Crippen LogP contribution is 2.22. The maximum atomic E-state index is 6.15. The van der Waals surface area contributed by atoms with Crippen LogP contribution in [-0.2, 0) is 6.61 Å². The number of halogens is 2. The Morgan fingerprint density at radius 1 is 1.00 bits per heavy atom. The molecule has 0 aliphatic rings. The first-order valence-corrected chi connectivity index (χ1v) is 9.58. The number of benzene rings is 3. The van der Waals surface area contributed by atoms with Crippen LogP contribution >= 0.6 is 35.4 Å². The van der Waals surface area contributed by atoms with Crippen LogP contribution in [0.1, 0.15) is 11.1 Å². The van der Waals surface area contributed by atoms with Gasteiger partial charge in [0.25, 0.3) is 0 Å². The summed E-state index contributed by atoms with van der Waals surface area (Å²) in [4.78, 5) is 0. The van der Waals surface area contributed by atoms with Gasteiger partial charge in [0.15, 0.2) is 5.11 Å². The molecule has 3 aromatic rings. The molecule has 3 aromatic carbocycles. The van der Waals surface area contributed by atoms with Gasteiger partial charge in [0.1, 0.15) is 12.4 Å². The second-order valence-electron chi connectivity index (χ2n) is 5.78. The summed E-state index contributed by atoms with van der Waals surface area (Å²) in [6.45, 7) is 0.365. The van der Waals surface area contributed by atoms with Crippen LogP contribution < -0.4 is 15.5 Å². The van der Waals surface area contributed by atoms with Gasteiger partial charge in [-0.15, -0.1) is 0 Å². The van der Waals surface area contributed by atoms with Crippen molar-refractivity contribution in [2.45, 2.75) is 6.61 Å². The second kappa shape index (κ2) is 10.1. The minimum Gasteiger partial charge on any atom is -0.489 e. The van der Waals surface area contributed by atoms with E-state index in [0.29, 0.717) is 21.8 Å². The third-order valence-corrected chi connectivity index (χ3v) is 4.48. The molecule has 3 rings (SSSR count). The molecule has 142 valence electrons. The smallest absolute Gasteiger partial charge is 0.191 e. The number of hydrogen-bond acceptors (Lipinski definition) is 3. The molecule has 4 nitrogen and oxygen atoms in total. The van der Waals surface area contributed by atoms with E-state index in [0.717, 1.165) is 22.6 Å². The first-order chi connectivity index (χ1) is 13.6. The predicted molar refractivity (Wildman–Crippen MR) is 121 cm³/mol. The van der Waals surface area contributed by atoms with Gasteiger partial charge in [-0.05, 0) is 66.3 Å². The maximum Gasteiger partial charge on any atom is 0.191 e. The van der Waals surface area contributed by atoms with Gasteiger partial charge in [-0.2, -0.15) is 5.10 Å². The van der Waals surface area contributed by atoms with Crippen LogP contribution in [-0.4, -0.2) is 11.3 Å². The maximum absolute atomic E-state index is 6.15. The van der Waals surface area contributed by atoms with Gasteiger partial charge in [-0.1, -0.05) is 47.5 Å². The summed E-state index contributed by atoms with van der Waals surface area (Å²) < 4.78 is 5.76. The average Bonchev–Trinajstić information content (AvgIpc) is 2.69. The van der Waals surface area contributed by atoms with Gasteiger partial charge in [0.05, 0.1) is 6.21 Å². The van der Waals surface area contributed by atoms with E-state index < -0.39 is 0 Å². The van der Waals surface area contributed by atoms with Crippen LogP contribution in [0, 0.1) is 0 Å². The van der Waals surface area contributed by atoms with Crippen LogP contribution in [0.25, 0.3) is 0 Å². The molecule has 28 heavy (non-hydrogen) atoms. The third kappa shape index (κ3) is 6.23. The minimum absolute atomic E-state index is 0.365. The van der Waals surface area contributed by atoms with E-state index in [1.165, 1.54) is 0 Å². The van der Waals surface area contributed by atoms with Crippen LogP contribution in [0.2, 0.25) is 10.0 Å². The summed E-state index contributed by atoms with van der Waals surface area (Å²) in [5.41, 5.74) is 5.47. The van der Waals surface area contributed by atoms with E-state index in [4.69, 9.17) is 40.2 Å². The lowest BCUT2D eigenvalue weighted by atomic mass is 10.2. The summed E-state index contributed by atoms with van der Waals surface area (Å²) in [6.07, 6.45) is 1.68. The van der Waals surface area contributed by atoms with Crippen LogP contribution in [0.5, 0.6) is 5.75 Å². The van der Waals surface area contributed by atoms with Gasteiger partial charge in [-0.25, -0.2) is 0 Å². The molecule has 0 heterocycles. The van der Waals surface area contributed by atoms with Crippen LogP contribution in [0.15, 0.2) is 77.9 Å². The monoisotopic (exact) mass is 429 g/mol. The lowest BCUT2D eigenvalue weighted by Gasteiger charge is -2.08. The van der Waals surface area contributed by atoms with Crippen molar-refractivity contribution in [1.82, 2.24) is 5.43 Å². The Morgan fingerprint density at radius 3 is 2.46 bits per heavy atom. The first kappa shape index (κ1) is 20.1. The number of rotatable bonds is 6. The van der Waals surface area contributed by atoms with Crippen molar-refractivity contribution in [3.8, 4) is 5.75 Å². The molecular formula is C21H17Cl2N3OS. The molecule has 0 fully saturated rings. The normalized spacial score (nSPS) is 10.6. The Morgan fingerprint density at radius 2 is 1.75 bits per heavy atom. The fourth-order valence-corrected chi connectivity index (χ4v) is 2.93. The Hall–Kier alpha value is -2.60. The molecule has 0 bridgehead atoms. The van der Waals surface area contributed by atoms with Crippen molar-refractivity contribution in [3.05, 3.63) is 94.0 Å². The molecule has 0 amide bonds. The van der Waals surface area contributed by atoms with Gasteiger partial charge in [0.2, 0.25) is 0 Å². The third-order valence-electron chi connectivity index (χ3n) is 3.70. The zero-order valence-electron chi connectivity index (χ0n) is 14.7. The summed E-state index contributed by atoms with van der Waals surface area (Å²) in [7, 11) is 0. The molecule has 0 aliphatic heterocycles. The lowest BCUT2D eigenvalue weighted by molar-refractivity contribution is 0.306. The van der Waals surface area contributed by atoms with Crippen molar-refractivity contribution in [3.63, 3.8) is 0 Å². The number of anilines is 1. The van der Waals surface area contributed by atoms with Gasteiger partial charge >= 0.3 is 0 Å². The summed E-state index contributed by atoms with van der Waals surface area (Å²) in [6, 6.07) is 22.5. The van der Waals surface area contributed by atoms with E-state index in [9.17, 15) is 0 Å². The number of para-hydroxylation sites is 1. The molecule has 0 spiro atoms. The molecule has 0 radical (unpaired) electrons. The zero-order chi connectivity index (χ0) is 19.8. The van der Waals surface area contributed by atoms with Crippen LogP contribution in [0.3, 0.4) is 0 Å². The molecule has 0 saturated heterocycles. The minimum atomic E-state index is 0.365. The second-order valence-corrected chi connectivity index (χ2v) is 7.04. The fraction of sp³-hybridized carbons (Fsp3) is 0.0476. The number of thiocarbonyl (C=S) groups is 1. The summed E-state index contributed by atoms with van der Waals surface area (Å²) >= 11 is 17.2. The number of nitrogens with zero attached hydrogens (tertiary/aromatic N) is 1. The van der Waals surface area contributed by atoms with Gasteiger partial charge in [-0.3, -0.25) is 5.43 Å². The number of ether oxygens (including phenoxy) is 1. The summed E-state index contributed by atoms with van der Waals surface area (Å²) in [5, 5.41) is 8.78. The molecule has 0 unspecified atom stereocenters. The Balaban J connectivity index is 1.48. The van der Waals surface area contributed by atoms with Crippen molar-refractivity contribution >= 4 is 52.4 Å². The molecule has 7 heteroatoms. The highest BCUT2D eigenvalue weighted by molar-refractivity contribution is 7.80. The van der Waals surface area contributed by atoms with Crippen LogP contribution in [0.4, 0.5) is 5.69 Å². The highest BCUT2D eigenvalue weighted by atomic mass is 35.5. The molecule has 0 saturated carbocycles. The van der Waals surface area contributed by atoms with E-state index in [1.807, 2.05) is 60.7 Å². The number of hydrazone groups is 1. The highest BCUT2D eigenvalue weighted by Gasteiger charge is 2.02. The van der Waals surface area contributed by atoms with Crippen molar-refractivity contribution in [1.29, 1.82) is 0 Å². The van der Waals surface area contributed by atoms with Crippen molar-refractivity contribution in [2.24, 2.45) is 5.10 Å². The molecule has 0 atom stereocenters. The molecule has 0 aliphatic carbocycles. The zero-order valence-corrected chi connectivity index (χ0v) is 17.1. The molecule has 0 aromatic heterocycles. The number of hydrogen-bond donors (Lipinski definition) is 2. The van der Waals surface area contributed by atoms with Crippen molar-refractivity contribution in [2.75, 3.05) is 5.32 Å². The van der Waals surface area contributed by atoms with E-state index in [2.05, 4.69) is 15.8 Å². The van der Waals surface area contributed by atoms with E-state index in [-0.39, 0.29) is 0 Å². The number of nitrogens with one attached hydrogen (secondary N) is 2. The van der Waals surface area contributed by atoms with Gasteiger partial charge < -0.3 is 10.1 Å². The van der Waals surface area contributed by atoms with Gasteiger partial charge in [0, 0.05) is 21.3 Å². The van der Waals surface area contributed by atoms with Crippen molar-refractivity contribution < 1.29 is 4.74 Å². The van der Waals surface area contributed by atoms with E-state index in [1.54, 1.807) is 18.3 Å². The predicted octanol–water partition coefficient (Wildman–Crippen LogP) is 5.89. The largest absolute Gasteiger partial charge is 0.489 e. The standard InChI is InChI=1S/C21H17Cl2N3OS/c22-17-9-8-16(20(23)12-17)14-27-19-10-6-15(7-11-19)13-24-26-21(28)25-18-4-2-1-3-5-18/h1-13H,14H2,(H2,25,26,28)/b24-13-. The average molecular weight is 430 g/mol. The quantitative estimate of drug-likeness (QED) is 0.291. The summed E-state index contributed by atoms with van der Waals surface area (Å²) in [5.74, 6) is 0.734. The Kier molecular flexibility index (Phi) is 7.25. The SMILES string of the molecule is S=C(N/N=C\c1ccc(OCc2ccc(Cl)cc2Cl)cc1)Nc1ccccc1. The fourth-order valence-electron chi connectivity index (χ4n) is 2.30. The first-order valence-electron chi connectivity index (χ1n) is 8.42. The van der Waals surface area contributed by atoms with E-state index >= 15 is 0 Å². The topological polar surface area (TPSA) is 45.7 Å². The Bertz CT molecular complexity index is 963. The lowest BCUT2D eigenvalue weighted by Crippen LogP contribution is -2.23. The Labute approximate surface area is 179 Å². The molecule has 2 N–H and O–H groups in total.